The van der Waals surface area contributed by atoms with Crippen LogP contribution in [0.1, 0.15) is 13.8 Å². The van der Waals surface area contributed by atoms with Gasteiger partial charge >= 0.3 is 17.1 Å². The molecule has 19 heavy (non-hydrogen) atoms. The van der Waals surface area contributed by atoms with Crippen molar-refractivity contribution in [3.63, 3.8) is 0 Å². The lowest BCUT2D eigenvalue weighted by Crippen LogP contribution is -2.52. The van der Waals surface area contributed by atoms with Gasteiger partial charge in [0.25, 0.3) is 0 Å². The van der Waals surface area contributed by atoms with Crippen molar-refractivity contribution in [1.82, 2.24) is 0 Å². The van der Waals surface area contributed by atoms with Gasteiger partial charge in [0.15, 0.2) is 0 Å². The van der Waals surface area contributed by atoms with Crippen molar-refractivity contribution < 1.29 is 17.7 Å². The van der Waals surface area contributed by atoms with Gasteiger partial charge in [0.2, 0.25) is 0 Å². The van der Waals surface area contributed by atoms with Crippen LogP contribution in [0.5, 0.6) is 0 Å². The van der Waals surface area contributed by atoms with Crippen LogP contribution in [0.15, 0.2) is 24.3 Å². The minimum Gasteiger partial charge on any atom is -0.397 e. The van der Waals surface area contributed by atoms with E-state index in [1.54, 1.807) is 28.4 Å². The Morgan fingerprint density at radius 3 is 1.21 bits per heavy atom. The van der Waals surface area contributed by atoms with Crippen LogP contribution in [-0.2, 0) is 17.7 Å². The molecule has 0 aromatic rings. The lowest BCUT2D eigenvalue weighted by atomic mass is 10.6. The van der Waals surface area contributed by atoms with Gasteiger partial charge in [-0.3, -0.25) is 0 Å². The molecule has 0 heterocycles. The first-order chi connectivity index (χ1) is 9.07. The monoisotopic (exact) mass is 304 g/mol. The molecule has 6 heteroatoms. The summed E-state index contributed by atoms with van der Waals surface area (Å²) in [5.41, 5.74) is 0.759. The van der Waals surface area contributed by atoms with Crippen molar-refractivity contribution in [2.75, 3.05) is 28.4 Å². The zero-order valence-corrected chi connectivity index (χ0v) is 15.1. The number of allylic oxidation sites excluding steroid dienone is 4. The van der Waals surface area contributed by atoms with Gasteiger partial charge in [-0.1, -0.05) is 24.3 Å². The van der Waals surface area contributed by atoms with Gasteiger partial charge in [-0.2, -0.15) is 0 Å². The molecule has 0 aliphatic rings. The molecule has 0 saturated carbocycles. The predicted octanol–water partition coefficient (Wildman–Crippen LogP) is 3.15. The first-order valence-corrected chi connectivity index (χ1v) is 11.0. The summed E-state index contributed by atoms with van der Waals surface area (Å²) in [5.74, 6) is 0. The van der Waals surface area contributed by atoms with Crippen LogP contribution in [0.3, 0.4) is 0 Å². The third-order valence-electron chi connectivity index (χ3n) is 3.36. The third-order valence-corrected chi connectivity index (χ3v) is 12.4. The maximum absolute atomic E-state index is 5.74. The number of rotatable bonds is 10. The van der Waals surface area contributed by atoms with E-state index >= 15 is 0 Å². The minimum absolute atomic E-state index is 0.759. The lowest BCUT2D eigenvalue weighted by molar-refractivity contribution is 0.222. The van der Waals surface area contributed by atoms with E-state index in [1.807, 2.05) is 26.0 Å². The molecule has 0 aliphatic heterocycles. The van der Waals surface area contributed by atoms with E-state index in [4.69, 9.17) is 17.7 Å². The molecule has 0 amide bonds. The number of hydrogen-bond donors (Lipinski definition) is 0. The largest absolute Gasteiger partial charge is 0.397 e. The third kappa shape index (κ3) is 5.72. The molecule has 0 aromatic carbocycles. The van der Waals surface area contributed by atoms with E-state index in [0.29, 0.717) is 0 Å². The lowest BCUT2D eigenvalue weighted by Gasteiger charge is -2.34. The van der Waals surface area contributed by atoms with Gasteiger partial charge in [-0.15, -0.1) is 0 Å². The Kier molecular flexibility index (Phi) is 9.50. The quantitative estimate of drug-likeness (QED) is 0.459. The smallest absolute Gasteiger partial charge is 0.343 e. The number of hydrogen-bond acceptors (Lipinski definition) is 4. The topological polar surface area (TPSA) is 36.9 Å². The second-order valence-electron chi connectivity index (χ2n) is 4.36. The van der Waals surface area contributed by atoms with Crippen LogP contribution in [0.25, 0.3) is 0 Å². The van der Waals surface area contributed by atoms with E-state index < -0.39 is 17.1 Å². The van der Waals surface area contributed by atoms with Crippen LogP contribution >= 0.6 is 0 Å². The first-order valence-electron chi connectivity index (χ1n) is 6.50. The Hall–Kier alpha value is -0.246. The molecule has 0 unspecified atom stereocenters. The fourth-order valence-corrected chi connectivity index (χ4v) is 10.9. The fourth-order valence-electron chi connectivity index (χ4n) is 1.94. The second kappa shape index (κ2) is 9.63. The highest BCUT2D eigenvalue weighted by Gasteiger charge is 2.48. The highest BCUT2D eigenvalue weighted by atomic mass is 28.4. The molecule has 0 bridgehead atoms. The van der Waals surface area contributed by atoms with E-state index in [2.05, 4.69) is 12.2 Å². The molecular weight excluding hydrogens is 276 g/mol. The zero-order valence-electron chi connectivity index (χ0n) is 13.1. The van der Waals surface area contributed by atoms with Crippen molar-refractivity contribution in [2.45, 2.75) is 31.6 Å². The van der Waals surface area contributed by atoms with Gasteiger partial charge in [0.1, 0.15) is 0 Å². The Balaban J connectivity index is 5.11. The van der Waals surface area contributed by atoms with E-state index in [-0.39, 0.29) is 0 Å². The normalized spacial score (nSPS) is 13.8. The molecule has 0 saturated heterocycles. The summed E-state index contributed by atoms with van der Waals surface area (Å²) >= 11 is 0. The van der Waals surface area contributed by atoms with Crippen LogP contribution in [-0.4, -0.2) is 45.6 Å². The summed E-state index contributed by atoms with van der Waals surface area (Å²) < 4.78 is 23.0. The van der Waals surface area contributed by atoms with Gasteiger partial charge in [-0.25, -0.2) is 0 Å². The SMILES string of the molecule is CC=CC[Si](C[Si](CC=CC)(OC)OC)(OC)OC. The minimum atomic E-state index is -2.30. The van der Waals surface area contributed by atoms with Crippen molar-refractivity contribution in [3.8, 4) is 0 Å². The maximum atomic E-state index is 5.74. The molecular formula is C13H28O4Si2. The Morgan fingerprint density at radius 2 is 1.00 bits per heavy atom. The van der Waals surface area contributed by atoms with Gasteiger partial charge in [0, 0.05) is 46.2 Å². The maximum Gasteiger partial charge on any atom is 0.343 e. The Morgan fingerprint density at radius 1 is 0.684 bits per heavy atom. The summed E-state index contributed by atoms with van der Waals surface area (Å²) in [6.07, 6.45) is 8.24. The molecule has 0 aliphatic carbocycles. The highest BCUT2D eigenvalue weighted by molar-refractivity contribution is 6.86. The molecule has 0 N–H and O–H groups in total. The van der Waals surface area contributed by atoms with Gasteiger partial charge < -0.3 is 17.7 Å². The fraction of sp³-hybridized carbons (Fsp3) is 0.692. The molecule has 112 valence electrons. The molecule has 0 spiro atoms. The van der Waals surface area contributed by atoms with Gasteiger partial charge in [0.05, 0.1) is 0 Å². The van der Waals surface area contributed by atoms with Crippen molar-refractivity contribution in [3.05, 3.63) is 24.3 Å². The van der Waals surface area contributed by atoms with E-state index in [9.17, 15) is 0 Å². The molecule has 0 atom stereocenters. The second-order valence-corrected chi connectivity index (χ2v) is 11.9. The standard InChI is InChI=1S/C13H28O4Si2/c1-7-9-11-18(14-3,15-4)13-19(16-5,17-6)12-10-8-2/h7-10H,11-13H2,1-6H3. The van der Waals surface area contributed by atoms with Crippen molar-refractivity contribution in [2.24, 2.45) is 0 Å². The molecule has 0 radical (unpaired) electrons. The summed E-state index contributed by atoms with van der Waals surface area (Å²) in [6, 6.07) is 1.63. The Bertz CT molecular complexity index is 256. The van der Waals surface area contributed by atoms with Crippen molar-refractivity contribution >= 4 is 17.1 Å². The average Bonchev–Trinajstić information content (AvgIpc) is 2.48. The molecule has 0 fully saturated rings. The Labute approximate surface area is 119 Å². The predicted molar refractivity (Wildman–Crippen MR) is 83.6 cm³/mol. The van der Waals surface area contributed by atoms with Crippen molar-refractivity contribution in [1.29, 1.82) is 0 Å². The van der Waals surface area contributed by atoms with Crippen LogP contribution in [0, 0.1) is 0 Å². The summed E-state index contributed by atoms with van der Waals surface area (Å²) in [6.45, 7) is 4.00. The summed E-state index contributed by atoms with van der Waals surface area (Å²) in [5, 5.41) is 0. The van der Waals surface area contributed by atoms with Crippen LogP contribution in [0.4, 0.5) is 0 Å². The average molecular weight is 305 g/mol. The first kappa shape index (κ1) is 18.8. The van der Waals surface area contributed by atoms with E-state index in [0.717, 1.165) is 17.8 Å². The summed E-state index contributed by atoms with van der Waals surface area (Å²) in [4.78, 5) is 0. The zero-order chi connectivity index (χ0) is 14.8. The summed E-state index contributed by atoms with van der Waals surface area (Å²) in [7, 11) is 2.28. The molecule has 0 rings (SSSR count). The highest BCUT2D eigenvalue weighted by Crippen LogP contribution is 2.29. The van der Waals surface area contributed by atoms with Gasteiger partial charge in [-0.05, 0) is 13.8 Å². The van der Waals surface area contributed by atoms with E-state index in [1.165, 1.54) is 0 Å². The van der Waals surface area contributed by atoms with Crippen LogP contribution in [0.2, 0.25) is 17.8 Å². The van der Waals surface area contributed by atoms with Crippen LogP contribution < -0.4 is 0 Å². The molecule has 0 aromatic heterocycles. The molecule has 4 nitrogen and oxygen atoms in total.